The molecule has 0 bridgehead atoms. The molecule has 116 valence electrons. The van der Waals surface area contributed by atoms with Crippen LogP contribution in [0.25, 0.3) is 11.0 Å². The molecule has 1 aromatic heterocycles. The number of imidazole rings is 1. The Kier molecular flexibility index (Phi) is 5.31. The molecule has 0 aliphatic heterocycles. The maximum atomic E-state index is 6.04. The third-order valence-corrected chi connectivity index (χ3v) is 3.63. The number of rotatable bonds is 7. The summed E-state index contributed by atoms with van der Waals surface area (Å²) in [6.45, 7) is 5.36. The highest BCUT2D eigenvalue weighted by Gasteiger charge is 2.18. The zero-order valence-corrected chi connectivity index (χ0v) is 13.6. The maximum absolute atomic E-state index is 6.04. The van der Waals surface area contributed by atoms with E-state index in [0.717, 1.165) is 16.9 Å². The average molecular weight is 313 g/mol. The molecular weight excluding hydrogens is 292 g/mol. The minimum atomic E-state index is 0.141. The van der Waals surface area contributed by atoms with Crippen LogP contribution in [-0.4, -0.2) is 37.0 Å². The summed E-state index contributed by atoms with van der Waals surface area (Å²) >= 11 is 6.04. The summed E-state index contributed by atoms with van der Waals surface area (Å²) in [4.78, 5) is 4.58. The van der Waals surface area contributed by atoms with E-state index < -0.39 is 0 Å². The first-order valence-electron chi connectivity index (χ1n) is 6.92. The average Bonchev–Trinajstić information content (AvgIpc) is 2.88. The quantitative estimate of drug-likeness (QED) is 0.735. The largest absolute Gasteiger partial charge is 0.493 e. The van der Waals surface area contributed by atoms with Crippen LogP contribution in [0.3, 0.4) is 0 Å². The van der Waals surface area contributed by atoms with Crippen LogP contribution in [0.2, 0.25) is 0 Å². The molecule has 2 rings (SSSR count). The van der Waals surface area contributed by atoms with Crippen LogP contribution in [0.5, 0.6) is 11.5 Å². The summed E-state index contributed by atoms with van der Waals surface area (Å²) in [6, 6.07) is 3.94. The van der Waals surface area contributed by atoms with Gasteiger partial charge in [0, 0.05) is 18.7 Å². The van der Waals surface area contributed by atoms with Crippen molar-refractivity contribution in [2.24, 2.45) is 0 Å². The van der Waals surface area contributed by atoms with Gasteiger partial charge in [-0.2, -0.15) is 0 Å². The number of methoxy groups -OCH3 is 2. The standard InChI is InChI=1S/C15H21ClN2O3/c1-5-21-9-10(2)18-12-7-14(20-4)13(19-3)6-11(12)17-15(18)8-16/h6-7,10H,5,8-9H2,1-4H3. The van der Waals surface area contributed by atoms with Crippen LogP contribution in [0, 0.1) is 0 Å². The molecule has 0 saturated heterocycles. The fourth-order valence-corrected chi connectivity index (χ4v) is 2.61. The highest BCUT2D eigenvalue weighted by molar-refractivity contribution is 6.16. The van der Waals surface area contributed by atoms with Gasteiger partial charge in [0.05, 0.1) is 43.8 Å². The Morgan fingerprint density at radius 1 is 1.24 bits per heavy atom. The van der Waals surface area contributed by atoms with Gasteiger partial charge in [-0.15, -0.1) is 11.6 Å². The van der Waals surface area contributed by atoms with Gasteiger partial charge in [0.2, 0.25) is 0 Å². The lowest BCUT2D eigenvalue weighted by Crippen LogP contribution is -2.14. The van der Waals surface area contributed by atoms with E-state index in [-0.39, 0.29) is 6.04 Å². The van der Waals surface area contributed by atoms with Gasteiger partial charge in [0.25, 0.3) is 0 Å². The molecule has 0 amide bonds. The summed E-state index contributed by atoms with van der Waals surface area (Å²) in [5.74, 6) is 2.49. The number of fused-ring (bicyclic) bond motifs is 1. The molecule has 0 aliphatic rings. The maximum Gasteiger partial charge on any atom is 0.163 e. The van der Waals surface area contributed by atoms with Gasteiger partial charge in [-0.05, 0) is 13.8 Å². The second kappa shape index (κ2) is 7.00. The monoisotopic (exact) mass is 312 g/mol. The fraction of sp³-hybridized carbons (Fsp3) is 0.533. The Morgan fingerprint density at radius 2 is 1.90 bits per heavy atom. The van der Waals surface area contributed by atoms with Crippen molar-refractivity contribution in [2.75, 3.05) is 27.4 Å². The fourth-order valence-electron chi connectivity index (χ4n) is 2.42. The van der Waals surface area contributed by atoms with Crippen molar-refractivity contribution in [1.82, 2.24) is 9.55 Å². The Labute approximate surface area is 129 Å². The van der Waals surface area contributed by atoms with Crippen LogP contribution < -0.4 is 9.47 Å². The molecule has 2 aromatic rings. The molecule has 1 atom stereocenters. The number of hydrogen-bond donors (Lipinski definition) is 0. The van der Waals surface area contributed by atoms with Crippen LogP contribution in [0.15, 0.2) is 12.1 Å². The van der Waals surface area contributed by atoms with Crippen molar-refractivity contribution in [3.8, 4) is 11.5 Å². The zero-order chi connectivity index (χ0) is 15.4. The summed E-state index contributed by atoms with van der Waals surface area (Å²) in [7, 11) is 3.23. The molecule has 5 nitrogen and oxygen atoms in total. The van der Waals surface area contributed by atoms with Crippen molar-refractivity contribution in [3.05, 3.63) is 18.0 Å². The number of aromatic nitrogens is 2. The summed E-state index contributed by atoms with van der Waals surface area (Å²) < 4.78 is 18.3. The van der Waals surface area contributed by atoms with E-state index in [2.05, 4.69) is 16.5 Å². The van der Waals surface area contributed by atoms with Gasteiger partial charge in [0.1, 0.15) is 5.82 Å². The molecule has 1 aromatic carbocycles. The van der Waals surface area contributed by atoms with Gasteiger partial charge in [0.15, 0.2) is 11.5 Å². The van der Waals surface area contributed by atoms with E-state index in [9.17, 15) is 0 Å². The van der Waals surface area contributed by atoms with Crippen LogP contribution in [-0.2, 0) is 10.6 Å². The third-order valence-electron chi connectivity index (χ3n) is 3.39. The molecule has 0 aliphatic carbocycles. The molecular formula is C15H21ClN2O3. The summed E-state index contributed by atoms with van der Waals surface area (Å²) in [6.07, 6.45) is 0. The SMILES string of the molecule is CCOCC(C)n1c(CCl)nc2cc(OC)c(OC)cc21. The van der Waals surface area contributed by atoms with Crippen molar-refractivity contribution in [3.63, 3.8) is 0 Å². The van der Waals surface area contributed by atoms with Gasteiger partial charge in [-0.3, -0.25) is 0 Å². The lowest BCUT2D eigenvalue weighted by molar-refractivity contribution is 0.119. The van der Waals surface area contributed by atoms with E-state index in [1.165, 1.54) is 0 Å². The molecule has 6 heteroatoms. The smallest absolute Gasteiger partial charge is 0.163 e. The Morgan fingerprint density at radius 3 is 2.48 bits per heavy atom. The molecule has 0 saturated carbocycles. The van der Waals surface area contributed by atoms with Gasteiger partial charge in [-0.1, -0.05) is 0 Å². The first-order valence-corrected chi connectivity index (χ1v) is 7.46. The number of nitrogens with zero attached hydrogens (tertiary/aromatic N) is 2. The normalized spacial score (nSPS) is 12.6. The number of halogens is 1. The predicted molar refractivity (Wildman–Crippen MR) is 83.6 cm³/mol. The number of ether oxygens (including phenoxy) is 3. The number of benzene rings is 1. The van der Waals surface area contributed by atoms with Crippen LogP contribution >= 0.6 is 11.6 Å². The lowest BCUT2D eigenvalue weighted by Gasteiger charge is -2.17. The summed E-state index contributed by atoms with van der Waals surface area (Å²) in [5.41, 5.74) is 1.81. The predicted octanol–water partition coefficient (Wildman–Crippen LogP) is 3.39. The van der Waals surface area contributed by atoms with Gasteiger partial charge in [-0.25, -0.2) is 4.98 Å². The summed E-state index contributed by atoms with van der Waals surface area (Å²) in [5, 5.41) is 0. The number of hydrogen-bond acceptors (Lipinski definition) is 4. The zero-order valence-electron chi connectivity index (χ0n) is 12.9. The topological polar surface area (TPSA) is 45.5 Å². The van der Waals surface area contributed by atoms with E-state index in [1.807, 2.05) is 19.1 Å². The number of alkyl halides is 1. The Bertz CT molecular complexity index is 612. The van der Waals surface area contributed by atoms with E-state index in [1.54, 1.807) is 14.2 Å². The van der Waals surface area contributed by atoms with Crippen molar-refractivity contribution in [2.45, 2.75) is 25.8 Å². The highest BCUT2D eigenvalue weighted by Crippen LogP contribution is 2.34. The van der Waals surface area contributed by atoms with Crippen molar-refractivity contribution >= 4 is 22.6 Å². The first-order chi connectivity index (χ1) is 10.2. The second-order valence-electron chi connectivity index (χ2n) is 4.74. The van der Waals surface area contributed by atoms with Crippen LogP contribution in [0.4, 0.5) is 0 Å². The molecule has 0 N–H and O–H groups in total. The van der Waals surface area contributed by atoms with Crippen molar-refractivity contribution in [1.29, 1.82) is 0 Å². The molecule has 0 radical (unpaired) electrons. The Balaban J connectivity index is 2.56. The third kappa shape index (κ3) is 3.09. The van der Waals surface area contributed by atoms with Gasteiger partial charge < -0.3 is 18.8 Å². The van der Waals surface area contributed by atoms with E-state index in [0.29, 0.717) is 30.6 Å². The molecule has 1 heterocycles. The molecule has 1 unspecified atom stereocenters. The van der Waals surface area contributed by atoms with Crippen LogP contribution in [0.1, 0.15) is 25.7 Å². The van der Waals surface area contributed by atoms with E-state index >= 15 is 0 Å². The lowest BCUT2D eigenvalue weighted by atomic mass is 10.2. The molecule has 21 heavy (non-hydrogen) atoms. The molecule has 0 spiro atoms. The second-order valence-corrected chi connectivity index (χ2v) is 5.00. The Hall–Kier alpha value is -1.46. The van der Waals surface area contributed by atoms with Crippen molar-refractivity contribution < 1.29 is 14.2 Å². The molecule has 0 fully saturated rings. The minimum absolute atomic E-state index is 0.141. The highest BCUT2D eigenvalue weighted by atomic mass is 35.5. The van der Waals surface area contributed by atoms with E-state index in [4.69, 9.17) is 25.8 Å². The minimum Gasteiger partial charge on any atom is -0.493 e. The first kappa shape index (κ1) is 15.9. The van der Waals surface area contributed by atoms with Gasteiger partial charge >= 0.3 is 0 Å².